The zero-order chi connectivity index (χ0) is 16.8. The molecule has 0 bridgehead atoms. The number of hydrogen-bond acceptors (Lipinski definition) is 4. The molecule has 0 radical (unpaired) electrons. The molecule has 1 N–H and O–H groups in total. The molecule has 24 heavy (non-hydrogen) atoms. The SMILES string of the molecule is O=C(O)COc1ccc(C(=C2SCCCS2)c2ccccc2)cc1. The second-order valence-corrected chi connectivity index (χ2v) is 7.75. The lowest BCUT2D eigenvalue weighted by Gasteiger charge is -2.19. The van der Waals surface area contributed by atoms with Gasteiger partial charge < -0.3 is 9.84 Å². The number of rotatable bonds is 5. The maximum atomic E-state index is 10.6. The van der Waals surface area contributed by atoms with Gasteiger partial charge in [0.15, 0.2) is 6.61 Å². The van der Waals surface area contributed by atoms with Crippen LogP contribution in [-0.2, 0) is 4.79 Å². The zero-order valence-electron chi connectivity index (χ0n) is 13.1. The van der Waals surface area contributed by atoms with Gasteiger partial charge in [0.2, 0.25) is 0 Å². The third-order valence-corrected chi connectivity index (χ3v) is 6.15. The van der Waals surface area contributed by atoms with Crippen LogP contribution in [0.4, 0.5) is 0 Å². The Morgan fingerprint density at radius 1 is 0.958 bits per heavy atom. The highest BCUT2D eigenvalue weighted by Gasteiger charge is 2.16. The topological polar surface area (TPSA) is 46.5 Å². The van der Waals surface area contributed by atoms with Crippen molar-refractivity contribution >= 4 is 35.1 Å². The van der Waals surface area contributed by atoms with E-state index in [9.17, 15) is 4.79 Å². The molecule has 3 rings (SSSR count). The van der Waals surface area contributed by atoms with Crippen LogP contribution in [0.25, 0.3) is 5.57 Å². The summed E-state index contributed by atoms with van der Waals surface area (Å²) in [6, 6.07) is 18.1. The molecule has 0 saturated carbocycles. The van der Waals surface area contributed by atoms with Crippen LogP contribution in [0, 0.1) is 0 Å². The molecule has 0 amide bonds. The van der Waals surface area contributed by atoms with E-state index >= 15 is 0 Å². The fourth-order valence-electron chi connectivity index (χ4n) is 2.44. The van der Waals surface area contributed by atoms with Crippen molar-refractivity contribution in [2.45, 2.75) is 6.42 Å². The predicted molar refractivity (Wildman–Crippen MR) is 102 cm³/mol. The van der Waals surface area contributed by atoms with Gasteiger partial charge in [-0.1, -0.05) is 42.5 Å². The van der Waals surface area contributed by atoms with Crippen molar-refractivity contribution in [2.75, 3.05) is 18.1 Å². The molecule has 3 nitrogen and oxygen atoms in total. The Bertz CT molecular complexity index is 716. The minimum Gasteiger partial charge on any atom is -0.482 e. The molecule has 124 valence electrons. The highest BCUT2D eigenvalue weighted by Crippen LogP contribution is 2.43. The Labute approximate surface area is 150 Å². The average molecular weight is 358 g/mol. The van der Waals surface area contributed by atoms with Crippen LogP contribution in [0.5, 0.6) is 5.75 Å². The number of carboxylic acids is 1. The third-order valence-electron chi connectivity index (χ3n) is 3.53. The quantitative estimate of drug-likeness (QED) is 0.837. The van der Waals surface area contributed by atoms with E-state index in [1.54, 1.807) is 0 Å². The van der Waals surface area contributed by atoms with Crippen LogP contribution < -0.4 is 4.74 Å². The lowest BCUT2D eigenvalue weighted by Crippen LogP contribution is -2.09. The second kappa shape index (κ2) is 8.31. The Kier molecular flexibility index (Phi) is 5.88. The van der Waals surface area contributed by atoms with Gasteiger partial charge in [0.1, 0.15) is 5.75 Å². The molecule has 0 atom stereocenters. The molecule has 2 aromatic rings. The van der Waals surface area contributed by atoms with Gasteiger partial charge >= 0.3 is 5.97 Å². The van der Waals surface area contributed by atoms with E-state index in [0.29, 0.717) is 5.75 Å². The van der Waals surface area contributed by atoms with Gasteiger partial charge in [-0.05, 0) is 41.2 Å². The van der Waals surface area contributed by atoms with Crippen molar-refractivity contribution in [1.82, 2.24) is 0 Å². The number of ether oxygens (including phenoxy) is 1. The number of carboxylic acid groups (broad SMARTS) is 1. The van der Waals surface area contributed by atoms with E-state index < -0.39 is 5.97 Å². The van der Waals surface area contributed by atoms with Crippen LogP contribution in [0.1, 0.15) is 17.5 Å². The van der Waals surface area contributed by atoms with Crippen molar-refractivity contribution in [3.63, 3.8) is 0 Å². The fourth-order valence-corrected chi connectivity index (χ4v) is 5.17. The fraction of sp³-hybridized carbons (Fsp3) is 0.211. The summed E-state index contributed by atoms with van der Waals surface area (Å²) in [4.78, 5) is 10.6. The van der Waals surface area contributed by atoms with Crippen molar-refractivity contribution in [2.24, 2.45) is 0 Å². The molecule has 5 heteroatoms. The molecule has 0 aromatic heterocycles. The summed E-state index contributed by atoms with van der Waals surface area (Å²) >= 11 is 3.83. The second-order valence-electron chi connectivity index (χ2n) is 5.29. The smallest absolute Gasteiger partial charge is 0.341 e. The number of hydrogen-bond donors (Lipinski definition) is 1. The summed E-state index contributed by atoms with van der Waals surface area (Å²) in [7, 11) is 0. The number of aliphatic carboxylic acids is 1. The summed E-state index contributed by atoms with van der Waals surface area (Å²) < 4.78 is 6.58. The largest absolute Gasteiger partial charge is 0.482 e. The van der Waals surface area contributed by atoms with Crippen LogP contribution in [0.3, 0.4) is 0 Å². The summed E-state index contributed by atoms with van der Waals surface area (Å²) in [5.41, 5.74) is 3.57. The number of carbonyl (C=O) groups is 1. The van der Waals surface area contributed by atoms with E-state index in [2.05, 4.69) is 24.3 Å². The first-order valence-corrected chi connectivity index (χ1v) is 9.71. The molecule has 1 aliphatic heterocycles. The van der Waals surface area contributed by atoms with Gasteiger partial charge in [0.25, 0.3) is 0 Å². The highest BCUT2D eigenvalue weighted by molar-refractivity contribution is 8.23. The first kappa shape index (κ1) is 17.0. The van der Waals surface area contributed by atoms with Crippen molar-refractivity contribution in [3.05, 3.63) is 70.0 Å². The average Bonchev–Trinajstić information content (AvgIpc) is 2.63. The Morgan fingerprint density at radius 2 is 1.58 bits per heavy atom. The van der Waals surface area contributed by atoms with Gasteiger partial charge in [-0.3, -0.25) is 0 Å². The van der Waals surface area contributed by atoms with Crippen LogP contribution >= 0.6 is 23.5 Å². The highest BCUT2D eigenvalue weighted by atomic mass is 32.2. The summed E-state index contributed by atoms with van der Waals surface area (Å²) in [5.74, 6) is 1.90. The van der Waals surface area contributed by atoms with Crippen LogP contribution in [-0.4, -0.2) is 29.2 Å². The van der Waals surface area contributed by atoms with Crippen molar-refractivity contribution in [1.29, 1.82) is 0 Å². The third kappa shape index (κ3) is 4.36. The molecular weight excluding hydrogens is 340 g/mol. The normalized spacial score (nSPS) is 14.2. The van der Waals surface area contributed by atoms with Crippen molar-refractivity contribution < 1.29 is 14.6 Å². The summed E-state index contributed by atoms with van der Waals surface area (Å²) in [6.07, 6.45) is 1.24. The van der Waals surface area contributed by atoms with Crippen molar-refractivity contribution in [3.8, 4) is 5.75 Å². The molecule has 1 aliphatic rings. The van der Waals surface area contributed by atoms with Gasteiger partial charge in [-0.15, -0.1) is 23.5 Å². The maximum absolute atomic E-state index is 10.6. The van der Waals surface area contributed by atoms with Gasteiger partial charge in [0, 0.05) is 9.81 Å². The lowest BCUT2D eigenvalue weighted by molar-refractivity contribution is -0.139. The Morgan fingerprint density at radius 3 is 2.21 bits per heavy atom. The zero-order valence-corrected chi connectivity index (χ0v) is 14.7. The number of thioether (sulfide) groups is 2. The van der Waals surface area contributed by atoms with Crippen LogP contribution in [0.2, 0.25) is 0 Å². The monoisotopic (exact) mass is 358 g/mol. The molecule has 0 spiro atoms. The first-order chi connectivity index (χ1) is 11.7. The molecule has 1 saturated heterocycles. The lowest BCUT2D eigenvalue weighted by atomic mass is 9.99. The molecular formula is C19H18O3S2. The maximum Gasteiger partial charge on any atom is 0.341 e. The van der Waals surface area contributed by atoms with Gasteiger partial charge in [-0.25, -0.2) is 4.79 Å². The van der Waals surface area contributed by atoms with E-state index in [4.69, 9.17) is 9.84 Å². The molecule has 1 fully saturated rings. The minimum atomic E-state index is -0.971. The summed E-state index contributed by atoms with van der Waals surface area (Å²) in [5, 5.41) is 8.70. The van der Waals surface area contributed by atoms with Gasteiger partial charge in [0.05, 0.1) is 0 Å². The summed E-state index contributed by atoms with van der Waals surface area (Å²) in [6.45, 7) is -0.322. The Hall–Kier alpha value is -1.85. The van der Waals surface area contributed by atoms with Crippen LogP contribution in [0.15, 0.2) is 58.8 Å². The van der Waals surface area contributed by atoms with E-state index in [-0.39, 0.29) is 6.61 Å². The molecule has 2 aromatic carbocycles. The van der Waals surface area contributed by atoms with Gasteiger partial charge in [-0.2, -0.15) is 0 Å². The molecule has 0 unspecified atom stereocenters. The van der Waals surface area contributed by atoms with E-state index in [1.165, 1.54) is 21.8 Å². The van der Waals surface area contributed by atoms with E-state index in [0.717, 1.165) is 17.1 Å². The first-order valence-electron chi connectivity index (χ1n) is 7.74. The predicted octanol–water partition coefficient (Wildman–Crippen LogP) is 4.74. The minimum absolute atomic E-state index is 0.322. The van der Waals surface area contributed by atoms with E-state index in [1.807, 2.05) is 53.9 Å². The standard InChI is InChI=1S/C19H18O3S2/c20-17(21)13-22-16-9-7-15(8-10-16)18(14-5-2-1-3-6-14)19-23-11-4-12-24-19/h1-3,5-10H,4,11-13H2,(H,20,21). The molecule has 0 aliphatic carbocycles. The number of benzene rings is 2. The molecule has 1 heterocycles. The Balaban J connectivity index is 1.93.